The van der Waals surface area contributed by atoms with Crippen molar-refractivity contribution in [2.24, 2.45) is 5.73 Å². The molecule has 0 aromatic heterocycles. The number of fused-ring (bicyclic) bond motifs is 1. The van der Waals surface area contributed by atoms with Gasteiger partial charge in [-0.25, -0.2) is 0 Å². The van der Waals surface area contributed by atoms with Gasteiger partial charge in [-0.3, -0.25) is 0 Å². The molecule has 0 saturated carbocycles. The fourth-order valence-corrected chi connectivity index (χ4v) is 1.60. The third-order valence-electron chi connectivity index (χ3n) is 1.93. The average Bonchev–Trinajstić information content (AvgIpc) is 2.04. The predicted molar refractivity (Wildman–Crippen MR) is 58.5 cm³/mol. The summed E-state index contributed by atoms with van der Waals surface area (Å²) in [6, 6.07) is 7.74. The summed E-state index contributed by atoms with van der Waals surface area (Å²) < 4.78 is 5.35. The second kappa shape index (κ2) is 4.05. The highest BCUT2D eigenvalue weighted by molar-refractivity contribution is 7.80. The van der Waals surface area contributed by atoms with Crippen LogP contribution in [0.4, 0.5) is 0 Å². The van der Waals surface area contributed by atoms with Gasteiger partial charge in [-0.2, -0.15) is 0 Å². The van der Waals surface area contributed by atoms with E-state index in [9.17, 15) is 0 Å². The Morgan fingerprint density at radius 2 is 2.08 bits per heavy atom. The number of para-hydroxylation sites is 1. The highest BCUT2D eigenvalue weighted by Crippen LogP contribution is 2.30. The van der Waals surface area contributed by atoms with Crippen molar-refractivity contribution >= 4 is 29.7 Å². The lowest BCUT2D eigenvalue weighted by Gasteiger charge is -2.22. The van der Waals surface area contributed by atoms with Gasteiger partial charge in [0.2, 0.25) is 0 Å². The molecule has 0 amide bonds. The topological polar surface area (TPSA) is 35.2 Å². The Bertz CT molecular complexity index is 329. The van der Waals surface area contributed by atoms with E-state index >= 15 is 0 Å². The minimum absolute atomic E-state index is 0. The van der Waals surface area contributed by atoms with Crippen molar-refractivity contribution in [2.45, 2.75) is 12.5 Å². The number of thiocarbonyl (C=S) groups is 1. The van der Waals surface area contributed by atoms with Gasteiger partial charge in [-0.1, -0.05) is 18.2 Å². The summed E-state index contributed by atoms with van der Waals surface area (Å²) in [5.74, 6) is 0.807. The van der Waals surface area contributed by atoms with Crippen molar-refractivity contribution < 1.29 is 4.74 Å². The third-order valence-corrected chi connectivity index (χ3v) is 2.18. The minimum Gasteiger partial charge on any atom is -0.450 e. The Labute approximate surface area is 88.5 Å². The smallest absolute Gasteiger partial charge is 0.169 e. The van der Waals surface area contributed by atoms with E-state index in [2.05, 4.69) is 0 Å². The van der Waals surface area contributed by atoms with Crippen LogP contribution in [0, 0.1) is 0 Å². The zero-order valence-corrected chi connectivity index (χ0v) is 8.53. The van der Waals surface area contributed by atoms with Crippen LogP contribution in [0.1, 0.15) is 18.0 Å². The molecule has 13 heavy (non-hydrogen) atoms. The first-order chi connectivity index (χ1) is 5.77. The van der Waals surface area contributed by atoms with Crippen molar-refractivity contribution in [3.05, 3.63) is 29.8 Å². The van der Waals surface area contributed by atoms with Crippen LogP contribution in [0.5, 0.6) is 5.75 Å². The second-order valence-electron chi connectivity index (χ2n) is 2.82. The summed E-state index contributed by atoms with van der Waals surface area (Å²) in [5.41, 5.74) is 6.92. The number of hydrogen-bond donors (Lipinski definition) is 1. The van der Waals surface area contributed by atoms with Crippen molar-refractivity contribution in [2.75, 3.05) is 0 Å². The number of rotatable bonds is 0. The molecule has 2 N–H and O–H groups in total. The van der Waals surface area contributed by atoms with Gasteiger partial charge in [-0.05, 0) is 18.3 Å². The summed E-state index contributed by atoms with van der Waals surface area (Å²) in [4.78, 5) is 0. The first kappa shape index (κ1) is 10.4. The molecule has 1 aliphatic heterocycles. The summed E-state index contributed by atoms with van der Waals surface area (Å²) >= 11 is 4.96. The summed E-state index contributed by atoms with van der Waals surface area (Å²) in [6.45, 7) is 0. The molecule has 1 aromatic carbocycles. The molecule has 4 heteroatoms. The Kier molecular flexibility index (Phi) is 3.25. The van der Waals surface area contributed by atoms with E-state index in [0.717, 1.165) is 11.3 Å². The van der Waals surface area contributed by atoms with E-state index in [4.69, 9.17) is 22.7 Å². The molecule has 1 unspecified atom stereocenters. The van der Waals surface area contributed by atoms with Gasteiger partial charge in [0.1, 0.15) is 5.75 Å². The average molecular weight is 216 g/mol. The van der Waals surface area contributed by atoms with E-state index in [1.807, 2.05) is 24.3 Å². The van der Waals surface area contributed by atoms with Gasteiger partial charge >= 0.3 is 0 Å². The van der Waals surface area contributed by atoms with Crippen LogP contribution in [0.25, 0.3) is 0 Å². The molecule has 0 radical (unpaired) electrons. The van der Waals surface area contributed by atoms with Crippen LogP contribution in [0.15, 0.2) is 24.3 Å². The summed E-state index contributed by atoms with van der Waals surface area (Å²) in [5, 5.41) is 0.584. The summed E-state index contributed by atoms with van der Waals surface area (Å²) in [6.07, 6.45) is 0.645. The van der Waals surface area contributed by atoms with Crippen molar-refractivity contribution in [3.8, 4) is 5.75 Å². The molecule has 1 aromatic rings. The third kappa shape index (κ3) is 1.99. The van der Waals surface area contributed by atoms with Crippen molar-refractivity contribution in [1.82, 2.24) is 0 Å². The van der Waals surface area contributed by atoms with Gasteiger partial charge in [0, 0.05) is 18.0 Å². The van der Waals surface area contributed by atoms with E-state index in [-0.39, 0.29) is 18.4 Å². The van der Waals surface area contributed by atoms with Gasteiger partial charge in [0.25, 0.3) is 0 Å². The minimum atomic E-state index is 0. The first-order valence-electron chi connectivity index (χ1n) is 3.82. The maximum absolute atomic E-state index is 5.87. The molecular formula is C9H10ClNOS. The van der Waals surface area contributed by atoms with E-state index in [1.54, 1.807) is 0 Å². The number of benzene rings is 1. The molecule has 0 saturated heterocycles. The van der Waals surface area contributed by atoms with Crippen LogP contribution in [-0.2, 0) is 0 Å². The highest BCUT2D eigenvalue weighted by Gasteiger charge is 2.20. The fourth-order valence-electron chi connectivity index (χ4n) is 1.33. The number of halogens is 1. The highest BCUT2D eigenvalue weighted by atomic mass is 35.5. The van der Waals surface area contributed by atoms with E-state index in [1.165, 1.54) is 0 Å². The largest absolute Gasteiger partial charge is 0.450 e. The standard InChI is InChI=1S/C9H9NOS.ClH/c10-7-5-9(12)11-8-4-2-1-3-6(7)8;/h1-4,7H,5,10H2;1H. The quantitative estimate of drug-likeness (QED) is 0.674. The Balaban J connectivity index is 0.000000845. The van der Waals surface area contributed by atoms with E-state index in [0.29, 0.717) is 11.5 Å². The molecule has 0 spiro atoms. The van der Waals surface area contributed by atoms with Gasteiger partial charge in [0.05, 0.1) is 0 Å². The molecule has 0 fully saturated rings. The molecule has 2 nitrogen and oxygen atoms in total. The maximum atomic E-state index is 5.87. The molecule has 1 atom stereocenters. The Morgan fingerprint density at radius 3 is 2.85 bits per heavy atom. The van der Waals surface area contributed by atoms with Gasteiger partial charge in [-0.15, -0.1) is 12.4 Å². The van der Waals surface area contributed by atoms with Crippen LogP contribution in [-0.4, -0.2) is 5.05 Å². The first-order valence-corrected chi connectivity index (χ1v) is 4.23. The Morgan fingerprint density at radius 1 is 1.38 bits per heavy atom. The number of nitrogens with two attached hydrogens (primary N) is 1. The predicted octanol–water partition coefficient (Wildman–Crippen LogP) is 2.22. The number of hydrogen-bond acceptors (Lipinski definition) is 3. The SMILES string of the molecule is Cl.NC1CC(=S)Oc2ccccc21. The normalized spacial score (nSPS) is 19.8. The number of ether oxygens (including phenoxy) is 1. The van der Waals surface area contributed by atoms with Gasteiger partial charge in [0.15, 0.2) is 5.05 Å². The molecule has 70 valence electrons. The monoisotopic (exact) mass is 215 g/mol. The molecule has 1 aliphatic rings. The lowest BCUT2D eigenvalue weighted by atomic mass is 10.0. The fraction of sp³-hybridized carbons (Fsp3) is 0.222. The van der Waals surface area contributed by atoms with Crippen LogP contribution < -0.4 is 10.5 Å². The maximum Gasteiger partial charge on any atom is 0.169 e. The molecule has 0 bridgehead atoms. The van der Waals surface area contributed by atoms with E-state index < -0.39 is 0 Å². The van der Waals surface area contributed by atoms with Crippen LogP contribution >= 0.6 is 24.6 Å². The summed E-state index contributed by atoms with van der Waals surface area (Å²) in [7, 11) is 0. The molecule has 0 aliphatic carbocycles. The van der Waals surface area contributed by atoms with Crippen molar-refractivity contribution in [1.29, 1.82) is 0 Å². The lowest BCUT2D eigenvalue weighted by Crippen LogP contribution is -2.23. The lowest BCUT2D eigenvalue weighted by molar-refractivity contribution is 0.489. The zero-order valence-electron chi connectivity index (χ0n) is 6.90. The van der Waals surface area contributed by atoms with Gasteiger partial charge < -0.3 is 10.5 Å². The zero-order chi connectivity index (χ0) is 8.55. The van der Waals surface area contributed by atoms with Crippen LogP contribution in [0.3, 0.4) is 0 Å². The molecule has 1 heterocycles. The molecule has 2 rings (SSSR count). The van der Waals surface area contributed by atoms with Crippen LogP contribution in [0.2, 0.25) is 0 Å². The van der Waals surface area contributed by atoms with Crippen molar-refractivity contribution in [3.63, 3.8) is 0 Å². The Hall–Kier alpha value is -0.640. The molecular weight excluding hydrogens is 206 g/mol. The second-order valence-corrected chi connectivity index (χ2v) is 3.28.